The molecule has 0 aromatic carbocycles. The standard InChI is InChI=1S/C9H12N4S/c1-2-13-5-3-4-8(13)6-10-9-12-11-7-14-9/h3-5,7H,2,6H2,1H3,(H,10,12). The van der Waals surface area contributed by atoms with Crippen molar-refractivity contribution in [3.8, 4) is 0 Å². The van der Waals surface area contributed by atoms with Crippen molar-refractivity contribution in [2.45, 2.75) is 20.0 Å². The molecule has 74 valence electrons. The minimum Gasteiger partial charge on any atom is -0.355 e. The van der Waals surface area contributed by atoms with Gasteiger partial charge in [0.25, 0.3) is 0 Å². The first-order valence-electron chi connectivity index (χ1n) is 4.54. The molecule has 0 amide bonds. The van der Waals surface area contributed by atoms with Gasteiger partial charge in [-0.3, -0.25) is 0 Å². The topological polar surface area (TPSA) is 42.7 Å². The quantitative estimate of drug-likeness (QED) is 0.835. The zero-order valence-corrected chi connectivity index (χ0v) is 8.79. The number of rotatable bonds is 4. The van der Waals surface area contributed by atoms with Crippen LogP contribution in [0.5, 0.6) is 0 Å². The van der Waals surface area contributed by atoms with Gasteiger partial charge in [0.05, 0.1) is 6.54 Å². The van der Waals surface area contributed by atoms with Gasteiger partial charge in [-0.25, -0.2) is 0 Å². The Balaban J connectivity index is 1.98. The molecule has 2 aromatic heterocycles. The summed E-state index contributed by atoms with van der Waals surface area (Å²) in [5.74, 6) is 0. The van der Waals surface area contributed by atoms with Crippen LogP contribution in [0.1, 0.15) is 12.6 Å². The number of hydrogen-bond donors (Lipinski definition) is 1. The van der Waals surface area contributed by atoms with Crippen LogP contribution in [-0.2, 0) is 13.1 Å². The monoisotopic (exact) mass is 208 g/mol. The molecule has 0 unspecified atom stereocenters. The van der Waals surface area contributed by atoms with Gasteiger partial charge in [0.1, 0.15) is 5.51 Å². The maximum absolute atomic E-state index is 3.92. The molecule has 0 bridgehead atoms. The van der Waals surface area contributed by atoms with E-state index in [1.807, 2.05) is 0 Å². The molecule has 5 heteroatoms. The van der Waals surface area contributed by atoms with Crippen LogP contribution >= 0.6 is 11.3 Å². The molecule has 4 nitrogen and oxygen atoms in total. The van der Waals surface area contributed by atoms with Crippen molar-refractivity contribution in [1.82, 2.24) is 14.8 Å². The van der Waals surface area contributed by atoms with E-state index < -0.39 is 0 Å². The van der Waals surface area contributed by atoms with Crippen LogP contribution in [0, 0.1) is 0 Å². The molecular weight excluding hydrogens is 196 g/mol. The van der Waals surface area contributed by atoms with Crippen LogP contribution in [0.3, 0.4) is 0 Å². The summed E-state index contributed by atoms with van der Waals surface area (Å²) < 4.78 is 2.20. The molecule has 0 aliphatic heterocycles. The Kier molecular flexibility index (Phi) is 2.78. The van der Waals surface area contributed by atoms with Gasteiger partial charge < -0.3 is 9.88 Å². The predicted molar refractivity (Wildman–Crippen MR) is 57.3 cm³/mol. The van der Waals surface area contributed by atoms with Crippen molar-refractivity contribution >= 4 is 16.5 Å². The number of nitrogens with one attached hydrogen (secondary N) is 1. The van der Waals surface area contributed by atoms with E-state index in [0.717, 1.165) is 18.2 Å². The van der Waals surface area contributed by atoms with E-state index in [2.05, 4.69) is 45.3 Å². The Labute approximate surface area is 86.6 Å². The molecule has 0 spiro atoms. The van der Waals surface area contributed by atoms with Crippen molar-refractivity contribution in [2.75, 3.05) is 5.32 Å². The lowest BCUT2D eigenvalue weighted by Gasteiger charge is -2.06. The molecule has 0 fully saturated rings. The first kappa shape index (κ1) is 9.21. The summed E-state index contributed by atoms with van der Waals surface area (Å²) in [4.78, 5) is 0. The average Bonchev–Trinajstić information content (AvgIpc) is 2.85. The SMILES string of the molecule is CCn1cccc1CNc1nncs1. The molecule has 0 aliphatic carbocycles. The summed E-state index contributed by atoms with van der Waals surface area (Å²) in [5.41, 5.74) is 2.99. The van der Waals surface area contributed by atoms with Gasteiger partial charge in [0.15, 0.2) is 0 Å². The third-order valence-electron chi connectivity index (χ3n) is 2.04. The molecule has 0 saturated heterocycles. The Morgan fingerprint density at radius 3 is 3.21 bits per heavy atom. The number of nitrogens with zero attached hydrogens (tertiary/aromatic N) is 3. The highest BCUT2D eigenvalue weighted by Crippen LogP contribution is 2.10. The highest BCUT2D eigenvalue weighted by molar-refractivity contribution is 7.13. The second-order valence-corrected chi connectivity index (χ2v) is 3.72. The molecule has 0 saturated carbocycles. The van der Waals surface area contributed by atoms with Crippen molar-refractivity contribution in [1.29, 1.82) is 0 Å². The molecule has 0 radical (unpaired) electrons. The lowest BCUT2D eigenvalue weighted by atomic mass is 10.4. The molecule has 2 rings (SSSR count). The van der Waals surface area contributed by atoms with E-state index in [0.29, 0.717) is 0 Å². The van der Waals surface area contributed by atoms with Gasteiger partial charge in [-0.15, -0.1) is 10.2 Å². The first-order valence-corrected chi connectivity index (χ1v) is 5.42. The van der Waals surface area contributed by atoms with Gasteiger partial charge in [0.2, 0.25) is 5.13 Å². The average molecular weight is 208 g/mol. The molecule has 0 aliphatic rings. The van der Waals surface area contributed by atoms with E-state index in [9.17, 15) is 0 Å². The smallest absolute Gasteiger partial charge is 0.205 e. The summed E-state index contributed by atoms with van der Waals surface area (Å²) in [6.07, 6.45) is 2.08. The molecular formula is C9H12N4S. The second-order valence-electron chi connectivity index (χ2n) is 2.88. The predicted octanol–water partition coefficient (Wildman–Crippen LogP) is 1.97. The molecule has 0 atom stereocenters. The zero-order chi connectivity index (χ0) is 9.80. The van der Waals surface area contributed by atoms with E-state index in [1.165, 1.54) is 17.0 Å². The van der Waals surface area contributed by atoms with Crippen LogP contribution in [0.4, 0.5) is 5.13 Å². The highest BCUT2D eigenvalue weighted by Gasteiger charge is 2.00. The molecule has 2 aromatic rings. The van der Waals surface area contributed by atoms with Crippen molar-refractivity contribution in [2.24, 2.45) is 0 Å². The van der Waals surface area contributed by atoms with Gasteiger partial charge in [0, 0.05) is 18.4 Å². The summed E-state index contributed by atoms with van der Waals surface area (Å²) in [7, 11) is 0. The van der Waals surface area contributed by atoms with Crippen LogP contribution in [-0.4, -0.2) is 14.8 Å². The summed E-state index contributed by atoms with van der Waals surface area (Å²) in [6, 6.07) is 4.16. The Bertz CT molecular complexity index is 379. The fourth-order valence-corrected chi connectivity index (χ4v) is 1.78. The molecule has 14 heavy (non-hydrogen) atoms. The number of aromatic nitrogens is 3. The van der Waals surface area contributed by atoms with E-state index >= 15 is 0 Å². The van der Waals surface area contributed by atoms with Crippen molar-refractivity contribution < 1.29 is 0 Å². The minimum absolute atomic E-state index is 0.802. The normalized spacial score (nSPS) is 10.4. The number of aryl methyl sites for hydroxylation is 1. The van der Waals surface area contributed by atoms with E-state index in [1.54, 1.807) is 5.51 Å². The van der Waals surface area contributed by atoms with E-state index in [4.69, 9.17) is 0 Å². The summed E-state index contributed by atoms with van der Waals surface area (Å²) >= 11 is 1.52. The van der Waals surface area contributed by atoms with Crippen molar-refractivity contribution in [3.05, 3.63) is 29.5 Å². The lowest BCUT2D eigenvalue weighted by Crippen LogP contribution is -2.05. The summed E-state index contributed by atoms with van der Waals surface area (Å²) in [6.45, 7) is 3.94. The van der Waals surface area contributed by atoms with Crippen LogP contribution in [0.25, 0.3) is 0 Å². The fourth-order valence-electron chi connectivity index (χ4n) is 1.33. The van der Waals surface area contributed by atoms with Gasteiger partial charge in [-0.1, -0.05) is 11.3 Å². The molecule has 1 N–H and O–H groups in total. The minimum atomic E-state index is 0.802. The maximum atomic E-state index is 3.92. The number of hydrogen-bond acceptors (Lipinski definition) is 4. The van der Waals surface area contributed by atoms with Crippen LogP contribution < -0.4 is 5.32 Å². The van der Waals surface area contributed by atoms with Gasteiger partial charge in [-0.05, 0) is 19.1 Å². The van der Waals surface area contributed by atoms with Gasteiger partial charge >= 0.3 is 0 Å². The third kappa shape index (κ3) is 1.93. The lowest BCUT2D eigenvalue weighted by molar-refractivity contribution is 0.723. The fraction of sp³-hybridized carbons (Fsp3) is 0.333. The zero-order valence-electron chi connectivity index (χ0n) is 7.97. The van der Waals surface area contributed by atoms with E-state index in [-0.39, 0.29) is 0 Å². The van der Waals surface area contributed by atoms with Crippen LogP contribution in [0.2, 0.25) is 0 Å². The largest absolute Gasteiger partial charge is 0.355 e. The second kappa shape index (κ2) is 4.23. The third-order valence-corrected chi connectivity index (χ3v) is 2.69. The highest BCUT2D eigenvalue weighted by atomic mass is 32.1. The maximum Gasteiger partial charge on any atom is 0.205 e. The molecule has 2 heterocycles. The Morgan fingerprint density at radius 1 is 1.57 bits per heavy atom. The Hall–Kier alpha value is -1.36. The van der Waals surface area contributed by atoms with Gasteiger partial charge in [-0.2, -0.15) is 0 Å². The van der Waals surface area contributed by atoms with Crippen molar-refractivity contribution in [3.63, 3.8) is 0 Å². The number of anilines is 1. The Morgan fingerprint density at radius 2 is 2.50 bits per heavy atom. The van der Waals surface area contributed by atoms with Crippen LogP contribution in [0.15, 0.2) is 23.8 Å². The first-order chi connectivity index (χ1) is 6.90. The summed E-state index contributed by atoms with van der Waals surface area (Å²) in [5, 5.41) is 11.8.